The second-order valence-corrected chi connectivity index (χ2v) is 6.42. The average molecular weight is 366 g/mol. The molecule has 2 heterocycles. The van der Waals surface area contributed by atoms with Gasteiger partial charge in [-0.15, -0.1) is 0 Å². The minimum Gasteiger partial charge on any atom is -0.279 e. The zero-order valence-electron chi connectivity index (χ0n) is 14.8. The van der Waals surface area contributed by atoms with E-state index < -0.39 is 0 Å². The molecule has 0 unspecified atom stereocenters. The van der Waals surface area contributed by atoms with Crippen LogP contribution in [0.4, 0.5) is 21.7 Å². The Morgan fingerprint density at radius 1 is 0.679 bits per heavy atom. The number of rotatable bonds is 3. The van der Waals surface area contributed by atoms with Crippen molar-refractivity contribution in [3.05, 3.63) is 97.1 Å². The molecule has 28 heavy (non-hydrogen) atoms. The van der Waals surface area contributed by atoms with Crippen molar-refractivity contribution in [2.24, 2.45) is 0 Å². The molecule has 5 heteroatoms. The normalized spacial score (nSPS) is 11.0. The Kier molecular flexibility index (Phi) is 3.91. The summed E-state index contributed by atoms with van der Waals surface area (Å²) >= 11 is 0. The van der Waals surface area contributed by atoms with E-state index in [1.807, 2.05) is 53.4 Å². The summed E-state index contributed by atoms with van der Waals surface area (Å²) in [6.07, 6.45) is 3.39. The van der Waals surface area contributed by atoms with Gasteiger partial charge in [0.1, 0.15) is 11.3 Å². The van der Waals surface area contributed by atoms with Gasteiger partial charge in [0.2, 0.25) is 5.95 Å². The van der Waals surface area contributed by atoms with Crippen LogP contribution in [0.3, 0.4) is 0 Å². The van der Waals surface area contributed by atoms with Gasteiger partial charge in [-0.1, -0.05) is 36.4 Å². The molecule has 4 nitrogen and oxygen atoms in total. The fourth-order valence-corrected chi connectivity index (χ4v) is 3.28. The third-order valence-electron chi connectivity index (χ3n) is 4.60. The summed E-state index contributed by atoms with van der Waals surface area (Å²) in [5.74, 6) is 0.145. The number of aromatic nitrogens is 3. The Hall–Kier alpha value is -3.86. The number of pyridine rings is 1. The van der Waals surface area contributed by atoms with Crippen molar-refractivity contribution in [2.45, 2.75) is 0 Å². The number of halogens is 1. The molecule has 0 bridgehead atoms. The molecule has 0 saturated heterocycles. The fraction of sp³-hybridized carbons (Fsp3) is 0. The van der Waals surface area contributed by atoms with E-state index in [0.717, 1.165) is 22.0 Å². The lowest BCUT2D eigenvalue weighted by Crippen LogP contribution is -2.13. The number of hydrogen-bond acceptors (Lipinski definition) is 4. The van der Waals surface area contributed by atoms with Crippen LogP contribution in [0, 0.1) is 5.82 Å². The van der Waals surface area contributed by atoms with Gasteiger partial charge in [-0.05, 0) is 53.2 Å². The monoisotopic (exact) mass is 366 g/mol. The van der Waals surface area contributed by atoms with Crippen molar-refractivity contribution in [3.63, 3.8) is 0 Å². The maximum atomic E-state index is 14.0. The summed E-state index contributed by atoms with van der Waals surface area (Å²) in [6.45, 7) is 0. The van der Waals surface area contributed by atoms with Crippen molar-refractivity contribution in [1.82, 2.24) is 15.0 Å². The summed E-state index contributed by atoms with van der Waals surface area (Å²) < 4.78 is 14.0. The molecule has 2 aromatic heterocycles. The minimum absolute atomic E-state index is 0.314. The lowest BCUT2D eigenvalue weighted by molar-refractivity contribution is 0.628. The van der Waals surface area contributed by atoms with E-state index in [9.17, 15) is 4.39 Å². The van der Waals surface area contributed by atoms with E-state index in [2.05, 4.69) is 27.1 Å². The van der Waals surface area contributed by atoms with E-state index >= 15 is 0 Å². The maximum Gasteiger partial charge on any atom is 0.235 e. The second-order valence-electron chi connectivity index (χ2n) is 6.42. The summed E-state index contributed by atoms with van der Waals surface area (Å²) in [5.41, 5.74) is 2.95. The van der Waals surface area contributed by atoms with Crippen molar-refractivity contribution in [2.75, 3.05) is 4.90 Å². The molecule has 3 aromatic carbocycles. The van der Waals surface area contributed by atoms with Crippen LogP contribution in [0.1, 0.15) is 0 Å². The first-order valence-electron chi connectivity index (χ1n) is 8.90. The molecule has 0 saturated carbocycles. The van der Waals surface area contributed by atoms with Gasteiger partial charge in [-0.2, -0.15) is 0 Å². The Balaban J connectivity index is 1.73. The highest BCUT2D eigenvalue weighted by Crippen LogP contribution is 2.34. The first-order valence-corrected chi connectivity index (χ1v) is 8.90. The standard InChI is InChI=1S/C23H15FN4/c24-18-7-3-8-19(14-18)28(20-11-10-16-5-1-2-6-17(16)13-20)23-26-15-22-21(27-23)9-4-12-25-22/h1-15H. The lowest BCUT2D eigenvalue weighted by Gasteiger charge is -2.23. The van der Waals surface area contributed by atoms with Crippen LogP contribution >= 0.6 is 0 Å². The molecular weight excluding hydrogens is 351 g/mol. The van der Waals surface area contributed by atoms with Crippen molar-refractivity contribution >= 4 is 39.1 Å². The predicted molar refractivity (Wildman–Crippen MR) is 109 cm³/mol. The lowest BCUT2D eigenvalue weighted by atomic mass is 10.1. The summed E-state index contributed by atoms with van der Waals surface area (Å²) in [6, 6.07) is 24.3. The third kappa shape index (κ3) is 2.93. The summed E-state index contributed by atoms with van der Waals surface area (Å²) in [7, 11) is 0. The smallest absolute Gasteiger partial charge is 0.235 e. The second kappa shape index (κ2) is 6.70. The average Bonchev–Trinajstić information content (AvgIpc) is 2.74. The number of anilines is 3. The van der Waals surface area contributed by atoms with Crippen molar-refractivity contribution in [3.8, 4) is 0 Å². The van der Waals surface area contributed by atoms with E-state index in [0.29, 0.717) is 17.2 Å². The molecule has 0 N–H and O–H groups in total. The van der Waals surface area contributed by atoms with Gasteiger partial charge in [0.05, 0.1) is 17.4 Å². The first-order chi connectivity index (χ1) is 13.8. The highest BCUT2D eigenvalue weighted by Gasteiger charge is 2.17. The quantitative estimate of drug-likeness (QED) is 0.405. The Bertz CT molecular complexity index is 1220. The maximum absolute atomic E-state index is 14.0. The fourth-order valence-electron chi connectivity index (χ4n) is 3.28. The Morgan fingerprint density at radius 2 is 1.54 bits per heavy atom. The molecule has 0 spiro atoms. The topological polar surface area (TPSA) is 41.9 Å². The molecule has 0 radical (unpaired) electrons. The number of nitrogens with zero attached hydrogens (tertiary/aromatic N) is 4. The number of fused-ring (bicyclic) bond motifs is 2. The van der Waals surface area contributed by atoms with E-state index in [1.165, 1.54) is 12.1 Å². The Morgan fingerprint density at radius 3 is 2.43 bits per heavy atom. The molecule has 0 aliphatic heterocycles. The predicted octanol–water partition coefficient (Wildman–Crippen LogP) is 5.79. The van der Waals surface area contributed by atoms with Crippen molar-refractivity contribution < 1.29 is 4.39 Å². The van der Waals surface area contributed by atoms with E-state index in [-0.39, 0.29) is 5.82 Å². The van der Waals surface area contributed by atoms with Crippen LogP contribution in [-0.2, 0) is 0 Å². The first kappa shape index (κ1) is 16.3. The van der Waals surface area contributed by atoms with E-state index in [1.54, 1.807) is 18.5 Å². The molecule has 134 valence electrons. The molecule has 5 aromatic rings. The highest BCUT2D eigenvalue weighted by molar-refractivity contribution is 5.88. The highest BCUT2D eigenvalue weighted by atomic mass is 19.1. The molecule has 5 rings (SSSR count). The Labute approximate surface area is 160 Å². The molecule has 0 atom stereocenters. The molecule has 0 fully saturated rings. The van der Waals surface area contributed by atoms with Crippen LogP contribution in [0.5, 0.6) is 0 Å². The van der Waals surface area contributed by atoms with Gasteiger partial charge in [-0.25, -0.2) is 14.4 Å². The SMILES string of the molecule is Fc1cccc(N(c2ccc3ccccc3c2)c2ncc3ncccc3n2)c1. The van der Waals surface area contributed by atoms with Gasteiger partial charge in [0.15, 0.2) is 0 Å². The zero-order chi connectivity index (χ0) is 18.9. The molecular formula is C23H15FN4. The van der Waals surface area contributed by atoms with Crippen LogP contribution in [0.2, 0.25) is 0 Å². The molecule has 0 aliphatic rings. The summed E-state index contributed by atoms with van der Waals surface area (Å²) in [4.78, 5) is 15.3. The van der Waals surface area contributed by atoms with E-state index in [4.69, 9.17) is 0 Å². The van der Waals surface area contributed by atoms with Gasteiger partial charge >= 0.3 is 0 Å². The summed E-state index contributed by atoms with van der Waals surface area (Å²) in [5, 5.41) is 2.22. The van der Waals surface area contributed by atoms with Gasteiger partial charge in [-0.3, -0.25) is 9.88 Å². The van der Waals surface area contributed by atoms with Crippen LogP contribution in [-0.4, -0.2) is 15.0 Å². The third-order valence-corrected chi connectivity index (χ3v) is 4.60. The van der Waals surface area contributed by atoms with Crippen LogP contribution in [0.25, 0.3) is 21.8 Å². The number of hydrogen-bond donors (Lipinski definition) is 0. The molecule has 0 aliphatic carbocycles. The zero-order valence-corrected chi connectivity index (χ0v) is 14.8. The van der Waals surface area contributed by atoms with Gasteiger partial charge < -0.3 is 0 Å². The van der Waals surface area contributed by atoms with Crippen LogP contribution in [0.15, 0.2) is 91.3 Å². The minimum atomic E-state index is -0.314. The van der Waals surface area contributed by atoms with Gasteiger partial charge in [0, 0.05) is 11.9 Å². The largest absolute Gasteiger partial charge is 0.279 e. The molecule has 0 amide bonds. The van der Waals surface area contributed by atoms with Crippen molar-refractivity contribution in [1.29, 1.82) is 0 Å². The van der Waals surface area contributed by atoms with Crippen LogP contribution < -0.4 is 4.90 Å². The number of benzene rings is 3. The van der Waals surface area contributed by atoms with Gasteiger partial charge in [0.25, 0.3) is 0 Å².